The molecule has 2 atom stereocenters. The Kier molecular flexibility index (Phi) is 6.09. The van der Waals surface area contributed by atoms with Crippen molar-refractivity contribution in [1.82, 2.24) is 10.6 Å². The van der Waals surface area contributed by atoms with Crippen molar-refractivity contribution in [3.05, 3.63) is 102 Å². The number of nitrogens with one attached hydrogen (secondary N) is 2. The van der Waals surface area contributed by atoms with E-state index in [1.165, 1.54) is 0 Å². The van der Waals surface area contributed by atoms with Crippen LogP contribution in [0.4, 0.5) is 0 Å². The third kappa shape index (κ3) is 4.69. The third-order valence-electron chi connectivity index (χ3n) is 5.23. The number of amides is 2. The molecule has 0 radical (unpaired) electrons. The van der Waals surface area contributed by atoms with Gasteiger partial charge in [0.15, 0.2) is 0 Å². The van der Waals surface area contributed by atoms with E-state index in [0.29, 0.717) is 12.2 Å². The molecular formula is C25H24N2O3. The summed E-state index contributed by atoms with van der Waals surface area (Å²) in [7, 11) is 0. The molecule has 2 N–H and O–H groups in total. The second kappa shape index (κ2) is 9.27. The maximum absolute atomic E-state index is 12.9. The fraction of sp³-hybridized carbons (Fsp3) is 0.200. The van der Waals surface area contributed by atoms with Crippen LogP contribution in [0.2, 0.25) is 0 Å². The molecule has 1 heterocycles. The number of para-hydroxylation sites is 1. The number of carbonyl (C=O) groups is 2. The highest BCUT2D eigenvalue weighted by Crippen LogP contribution is 2.31. The Labute approximate surface area is 176 Å². The summed E-state index contributed by atoms with van der Waals surface area (Å²) in [6.45, 7) is 0.564. The van der Waals surface area contributed by atoms with E-state index >= 15 is 0 Å². The summed E-state index contributed by atoms with van der Waals surface area (Å²) in [4.78, 5) is 25.6. The molecule has 1 aliphatic rings. The average molecular weight is 400 g/mol. The minimum Gasteiger partial charge on any atom is -0.493 e. The summed E-state index contributed by atoms with van der Waals surface area (Å²) in [5, 5.41) is 6.13. The highest BCUT2D eigenvalue weighted by Gasteiger charge is 2.25. The predicted octanol–water partition coefficient (Wildman–Crippen LogP) is 4.19. The van der Waals surface area contributed by atoms with Crippen molar-refractivity contribution in [3.8, 4) is 5.75 Å². The third-order valence-corrected chi connectivity index (χ3v) is 5.23. The lowest BCUT2D eigenvalue weighted by Crippen LogP contribution is -2.36. The second-order valence-corrected chi connectivity index (χ2v) is 7.30. The van der Waals surface area contributed by atoms with E-state index in [4.69, 9.17) is 4.74 Å². The zero-order chi connectivity index (χ0) is 20.8. The van der Waals surface area contributed by atoms with Crippen LogP contribution in [0.1, 0.15) is 46.4 Å². The number of hydrogen-bond donors (Lipinski definition) is 2. The molecule has 30 heavy (non-hydrogen) atoms. The van der Waals surface area contributed by atoms with Crippen LogP contribution in [0, 0.1) is 0 Å². The summed E-state index contributed by atoms with van der Waals surface area (Å²) in [5.74, 6) is 0.499. The number of carbonyl (C=O) groups excluding carboxylic acids is 2. The van der Waals surface area contributed by atoms with Gasteiger partial charge >= 0.3 is 0 Å². The summed E-state index contributed by atoms with van der Waals surface area (Å²) in [6, 6.07) is 25.9. The van der Waals surface area contributed by atoms with Gasteiger partial charge in [-0.05, 0) is 23.8 Å². The summed E-state index contributed by atoms with van der Waals surface area (Å²) < 4.78 is 5.68. The second-order valence-electron chi connectivity index (χ2n) is 7.30. The zero-order valence-electron chi connectivity index (χ0n) is 16.6. The van der Waals surface area contributed by atoms with E-state index in [-0.39, 0.29) is 24.3 Å². The number of benzene rings is 3. The fourth-order valence-electron chi connectivity index (χ4n) is 3.70. The van der Waals surface area contributed by atoms with Gasteiger partial charge in [0.05, 0.1) is 25.1 Å². The molecule has 0 unspecified atom stereocenters. The van der Waals surface area contributed by atoms with Crippen LogP contribution in [0.5, 0.6) is 5.75 Å². The predicted molar refractivity (Wildman–Crippen MR) is 115 cm³/mol. The summed E-state index contributed by atoms with van der Waals surface area (Å²) >= 11 is 0. The van der Waals surface area contributed by atoms with E-state index in [0.717, 1.165) is 23.3 Å². The molecule has 0 saturated heterocycles. The fourth-order valence-corrected chi connectivity index (χ4v) is 3.70. The van der Waals surface area contributed by atoms with Crippen molar-refractivity contribution >= 4 is 11.8 Å². The van der Waals surface area contributed by atoms with Crippen molar-refractivity contribution in [2.75, 3.05) is 6.61 Å². The molecule has 0 aliphatic carbocycles. The van der Waals surface area contributed by atoms with Gasteiger partial charge in [0.1, 0.15) is 5.75 Å². The Morgan fingerprint density at radius 3 is 2.33 bits per heavy atom. The smallest absolute Gasteiger partial charge is 0.251 e. The molecule has 4 rings (SSSR count). The molecular weight excluding hydrogens is 376 g/mol. The lowest BCUT2D eigenvalue weighted by molar-refractivity contribution is -0.122. The average Bonchev–Trinajstić information content (AvgIpc) is 2.80. The van der Waals surface area contributed by atoms with Crippen LogP contribution in [-0.4, -0.2) is 18.4 Å². The highest BCUT2D eigenvalue weighted by molar-refractivity contribution is 5.94. The first-order chi connectivity index (χ1) is 14.7. The van der Waals surface area contributed by atoms with Crippen molar-refractivity contribution in [2.45, 2.75) is 24.9 Å². The quantitative estimate of drug-likeness (QED) is 0.652. The van der Waals surface area contributed by atoms with Gasteiger partial charge in [-0.1, -0.05) is 66.7 Å². The Hall–Kier alpha value is -3.60. The van der Waals surface area contributed by atoms with E-state index in [1.807, 2.05) is 72.8 Å². The first kappa shape index (κ1) is 19.7. The summed E-state index contributed by atoms with van der Waals surface area (Å²) in [5.41, 5.74) is 2.45. The lowest BCUT2D eigenvalue weighted by Gasteiger charge is -2.27. The van der Waals surface area contributed by atoms with E-state index in [9.17, 15) is 9.59 Å². The number of rotatable bonds is 6. The van der Waals surface area contributed by atoms with Crippen LogP contribution in [-0.2, 0) is 4.79 Å². The molecule has 3 aromatic carbocycles. The maximum Gasteiger partial charge on any atom is 0.251 e. The standard InChI is InChI=1S/C25H24N2O3/c28-24(26-21-15-16-30-23-14-8-7-13-20(21)23)17-22(18-9-3-1-4-10-18)27-25(29)19-11-5-2-6-12-19/h1-14,21-22H,15-17H2,(H,26,28)(H,27,29)/t21-,22-/m0/s1. The van der Waals surface area contributed by atoms with E-state index in [1.54, 1.807) is 12.1 Å². The van der Waals surface area contributed by atoms with Crippen LogP contribution < -0.4 is 15.4 Å². The van der Waals surface area contributed by atoms with Gasteiger partial charge in [-0.2, -0.15) is 0 Å². The van der Waals surface area contributed by atoms with Crippen LogP contribution in [0.3, 0.4) is 0 Å². The van der Waals surface area contributed by atoms with Gasteiger partial charge in [-0.25, -0.2) is 0 Å². The van der Waals surface area contributed by atoms with Gasteiger partial charge in [0.25, 0.3) is 5.91 Å². The number of fused-ring (bicyclic) bond motifs is 1. The molecule has 152 valence electrons. The van der Waals surface area contributed by atoms with Gasteiger partial charge in [-0.15, -0.1) is 0 Å². The molecule has 5 nitrogen and oxygen atoms in total. The van der Waals surface area contributed by atoms with Gasteiger partial charge in [-0.3, -0.25) is 9.59 Å². The molecule has 0 saturated carbocycles. The Morgan fingerprint density at radius 2 is 1.57 bits per heavy atom. The van der Waals surface area contributed by atoms with Crippen molar-refractivity contribution in [2.24, 2.45) is 0 Å². The van der Waals surface area contributed by atoms with E-state index < -0.39 is 6.04 Å². The lowest BCUT2D eigenvalue weighted by atomic mass is 9.99. The minimum atomic E-state index is -0.422. The van der Waals surface area contributed by atoms with Crippen LogP contribution in [0.15, 0.2) is 84.9 Å². The first-order valence-corrected chi connectivity index (χ1v) is 10.1. The monoisotopic (exact) mass is 400 g/mol. The SMILES string of the molecule is O=C(C[C@H](NC(=O)c1ccccc1)c1ccccc1)N[C@H]1CCOc2ccccc21. The number of ether oxygens (including phenoxy) is 1. The highest BCUT2D eigenvalue weighted by atomic mass is 16.5. The molecule has 0 fully saturated rings. The Morgan fingerprint density at radius 1 is 0.900 bits per heavy atom. The van der Waals surface area contributed by atoms with E-state index in [2.05, 4.69) is 10.6 Å². The van der Waals surface area contributed by atoms with Crippen LogP contribution in [0.25, 0.3) is 0 Å². The minimum absolute atomic E-state index is 0.0938. The molecule has 5 heteroatoms. The molecule has 1 aliphatic heterocycles. The van der Waals surface area contributed by atoms with Crippen molar-refractivity contribution < 1.29 is 14.3 Å². The largest absolute Gasteiger partial charge is 0.493 e. The topological polar surface area (TPSA) is 67.4 Å². The maximum atomic E-state index is 12.9. The zero-order valence-corrected chi connectivity index (χ0v) is 16.6. The first-order valence-electron chi connectivity index (χ1n) is 10.1. The normalized spacial score (nSPS) is 15.9. The Bertz CT molecular complexity index is 1010. The summed E-state index contributed by atoms with van der Waals surface area (Å²) in [6.07, 6.45) is 0.872. The molecule has 0 bridgehead atoms. The van der Waals surface area contributed by atoms with Gasteiger partial charge < -0.3 is 15.4 Å². The molecule has 0 aromatic heterocycles. The van der Waals surface area contributed by atoms with Crippen molar-refractivity contribution in [1.29, 1.82) is 0 Å². The molecule has 3 aromatic rings. The van der Waals surface area contributed by atoms with Crippen LogP contribution >= 0.6 is 0 Å². The van der Waals surface area contributed by atoms with Crippen molar-refractivity contribution in [3.63, 3.8) is 0 Å². The van der Waals surface area contributed by atoms with Gasteiger partial charge in [0.2, 0.25) is 5.91 Å². The molecule has 0 spiro atoms. The molecule has 2 amide bonds. The van der Waals surface area contributed by atoms with Gasteiger partial charge in [0, 0.05) is 17.5 Å². The number of hydrogen-bond acceptors (Lipinski definition) is 3. The Balaban J connectivity index is 1.48.